The molecule has 0 saturated carbocycles. The SMILES string of the molecule is NC1C(=S)Sc2ccccc21. The van der Waals surface area contributed by atoms with E-state index in [0.717, 1.165) is 4.20 Å². The Bertz CT molecular complexity index is 309. The lowest BCUT2D eigenvalue weighted by molar-refractivity contribution is 0.971. The van der Waals surface area contributed by atoms with Crippen LogP contribution in [-0.2, 0) is 0 Å². The normalized spacial score (nSPS) is 21.9. The minimum Gasteiger partial charge on any atom is -0.319 e. The molecular weight excluding hydrogens is 174 g/mol. The third-order valence-electron chi connectivity index (χ3n) is 1.72. The van der Waals surface area contributed by atoms with Crippen molar-refractivity contribution in [1.29, 1.82) is 0 Å². The Labute approximate surface area is 75.0 Å². The van der Waals surface area contributed by atoms with Gasteiger partial charge in [-0.3, -0.25) is 0 Å². The van der Waals surface area contributed by atoms with E-state index in [0.29, 0.717) is 0 Å². The van der Waals surface area contributed by atoms with Crippen LogP contribution in [0.3, 0.4) is 0 Å². The zero-order valence-electron chi connectivity index (χ0n) is 5.78. The Kier molecular flexibility index (Phi) is 1.71. The van der Waals surface area contributed by atoms with E-state index in [2.05, 4.69) is 6.07 Å². The van der Waals surface area contributed by atoms with Gasteiger partial charge in [0.2, 0.25) is 0 Å². The van der Waals surface area contributed by atoms with Gasteiger partial charge in [-0.1, -0.05) is 42.2 Å². The number of rotatable bonds is 0. The summed E-state index contributed by atoms with van der Waals surface area (Å²) < 4.78 is 0.881. The highest BCUT2D eigenvalue weighted by atomic mass is 32.2. The third-order valence-corrected chi connectivity index (χ3v) is 3.27. The Balaban J connectivity index is 2.55. The highest BCUT2D eigenvalue weighted by Gasteiger charge is 2.23. The fourth-order valence-corrected chi connectivity index (χ4v) is 2.46. The van der Waals surface area contributed by atoms with Gasteiger partial charge < -0.3 is 5.73 Å². The van der Waals surface area contributed by atoms with Crippen molar-refractivity contribution >= 4 is 28.2 Å². The van der Waals surface area contributed by atoms with Crippen molar-refractivity contribution in [3.05, 3.63) is 29.8 Å². The van der Waals surface area contributed by atoms with E-state index in [1.807, 2.05) is 18.2 Å². The van der Waals surface area contributed by atoms with Crippen molar-refractivity contribution in [2.45, 2.75) is 10.9 Å². The molecule has 1 heterocycles. The number of hydrogen-bond acceptors (Lipinski definition) is 3. The fourth-order valence-electron chi connectivity index (χ4n) is 1.13. The van der Waals surface area contributed by atoms with Gasteiger partial charge >= 0.3 is 0 Å². The number of thiocarbonyl (C=S) groups is 1. The molecule has 0 aromatic heterocycles. The predicted molar refractivity (Wildman–Crippen MR) is 51.8 cm³/mol. The maximum atomic E-state index is 5.83. The minimum atomic E-state index is -0.0359. The topological polar surface area (TPSA) is 26.0 Å². The molecule has 2 N–H and O–H groups in total. The molecule has 1 nitrogen and oxygen atoms in total. The maximum Gasteiger partial charge on any atom is 0.0740 e. The Hall–Kier alpha value is -0.380. The second-order valence-corrected chi connectivity index (χ2v) is 4.22. The van der Waals surface area contributed by atoms with Crippen molar-refractivity contribution < 1.29 is 0 Å². The van der Waals surface area contributed by atoms with Crippen LogP contribution in [0.4, 0.5) is 0 Å². The van der Waals surface area contributed by atoms with Crippen LogP contribution in [0.25, 0.3) is 0 Å². The van der Waals surface area contributed by atoms with Gasteiger partial charge in [-0.05, 0) is 11.6 Å². The third kappa shape index (κ3) is 1.09. The molecular formula is C8H7NS2. The van der Waals surface area contributed by atoms with Crippen LogP contribution in [-0.4, -0.2) is 4.20 Å². The molecule has 11 heavy (non-hydrogen) atoms. The summed E-state index contributed by atoms with van der Waals surface area (Å²) in [6.45, 7) is 0. The zero-order valence-corrected chi connectivity index (χ0v) is 7.41. The van der Waals surface area contributed by atoms with Crippen LogP contribution in [0.15, 0.2) is 29.2 Å². The molecule has 56 valence electrons. The van der Waals surface area contributed by atoms with Gasteiger partial charge in [0.05, 0.1) is 10.2 Å². The molecule has 0 fully saturated rings. The second kappa shape index (κ2) is 2.59. The van der Waals surface area contributed by atoms with E-state index in [-0.39, 0.29) is 6.04 Å². The van der Waals surface area contributed by atoms with Gasteiger partial charge in [-0.25, -0.2) is 0 Å². The van der Waals surface area contributed by atoms with Gasteiger partial charge in [-0.15, -0.1) is 0 Å². The molecule has 1 aliphatic heterocycles. The highest BCUT2D eigenvalue weighted by molar-refractivity contribution is 8.23. The highest BCUT2D eigenvalue weighted by Crippen LogP contribution is 2.38. The average molecular weight is 181 g/mol. The molecule has 1 aromatic carbocycles. The van der Waals surface area contributed by atoms with Crippen LogP contribution in [0.2, 0.25) is 0 Å². The molecule has 1 aromatic rings. The smallest absolute Gasteiger partial charge is 0.0740 e. The molecule has 0 aliphatic carbocycles. The van der Waals surface area contributed by atoms with Crippen LogP contribution in [0.1, 0.15) is 11.6 Å². The Morgan fingerprint density at radius 3 is 2.82 bits per heavy atom. The van der Waals surface area contributed by atoms with Gasteiger partial charge in [0.15, 0.2) is 0 Å². The fraction of sp³-hybridized carbons (Fsp3) is 0.125. The van der Waals surface area contributed by atoms with E-state index < -0.39 is 0 Å². The van der Waals surface area contributed by atoms with Crippen LogP contribution < -0.4 is 5.73 Å². The largest absolute Gasteiger partial charge is 0.319 e. The standard InChI is InChI=1S/C8H7NS2/c9-7-5-3-1-2-4-6(5)11-8(7)10/h1-4,7H,9H2. The maximum absolute atomic E-state index is 5.83. The molecule has 0 radical (unpaired) electrons. The first-order valence-corrected chi connectivity index (χ1v) is 4.58. The number of benzene rings is 1. The van der Waals surface area contributed by atoms with E-state index in [4.69, 9.17) is 18.0 Å². The summed E-state index contributed by atoms with van der Waals surface area (Å²) in [5.41, 5.74) is 7.00. The van der Waals surface area contributed by atoms with Crippen LogP contribution in [0.5, 0.6) is 0 Å². The molecule has 1 aliphatic rings. The summed E-state index contributed by atoms with van der Waals surface area (Å²) in [7, 11) is 0. The van der Waals surface area contributed by atoms with Crippen molar-refractivity contribution in [2.75, 3.05) is 0 Å². The number of thioether (sulfide) groups is 1. The molecule has 0 spiro atoms. The van der Waals surface area contributed by atoms with Gasteiger partial charge in [0.1, 0.15) is 0 Å². The number of hydrogen-bond donors (Lipinski definition) is 1. The molecule has 1 atom stereocenters. The first kappa shape index (κ1) is 7.28. The predicted octanol–water partition coefficient (Wildman–Crippen LogP) is 2.12. The number of fused-ring (bicyclic) bond motifs is 1. The van der Waals surface area contributed by atoms with Crippen LogP contribution >= 0.6 is 24.0 Å². The van der Waals surface area contributed by atoms with Gasteiger partial charge in [0.25, 0.3) is 0 Å². The summed E-state index contributed by atoms with van der Waals surface area (Å²) in [5, 5.41) is 0. The van der Waals surface area contributed by atoms with E-state index in [9.17, 15) is 0 Å². The summed E-state index contributed by atoms with van der Waals surface area (Å²) in [6.07, 6.45) is 0. The summed E-state index contributed by atoms with van der Waals surface area (Å²) in [5.74, 6) is 0. The lowest BCUT2D eigenvalue weighted by atomic mass is 10.1. The van der Waals surface area contributed by atoms with Crippen molar-refractivity contribution in [3.8, 4) is 0 Å². The lowest BCUT2D eigenvalue weighted by Gasteiger charge is -2.00. The van der Waals surface area contributed by atoms with Crippen LogP contribution in [0, 0.1) is 0 Å². The number of nitrogens with two attached hydrogens (primary N) is 1. The lowest BCUT2D eigenvalue weighted by Crippen LogP contribution is -2.11. The van der Waals surface area contributed by atoms with Gasteiger partial charge in [0, 0.05) is 4.90 Å². The van der Waals surface area contributed by atoms with Crippen molar-refractivity contribution in [1.82, 2.24) is 0 Å². The minimum absolute atomic E-state index is 0.0359. The Morgan fingerprint density at radius 2 is 2.09 bits per heavy atom. The van der Waals surface area contributed by atoms with E-state index >= 15 is 0 Å². The van der Waals surface area contributed by atoms with Crippen molar-refractivity contribution in [3.63, 3.8) is 0 Å². The molecule has 0 bridgehead atoms. The zero-order chi connectivity index (χ0) is 7.84. The molecule has 0 amide bonds. The van der Waals surface area contributed by atoms with Gasteiger partial charge in [-0.2, -0.15) is 0 Å². The summed E-state index contributed by atoms with van der Waals surface area (Å²) in [6, 6.07) is 8.05. The van der Waals surface area contributed by atoms with Crippen molar-refractivity contribution in [2.24, 2.45) is 5.73 Å². The molecule has 2 rings (SSSR count). The monoisotopic (exact) mass is 181 g/mol. The first-order chi connectivity index (χ1) is 5.29. The van der Waals surface area contributed by atoms with E-state index in [1.54, 1.807) is 11.8 Å². The molecule has 3 heteroatoms. The second-order valence-electron chi connectivity index (χ2n) is 2.44. The first-order valence-electron chi connectivity index (χ1n) is 3.35. The molecule has 1 unspecified atom stereocenters. The van der Waals surface area contributed by atoms with E-state index in [1.165, 1.54) is 10.5 Å². The summed E-state index contributed by atoms with van der Waals surface area (Å²) in [4.78, 5) is 1.21. The Morgan fingerprint density at radius 1 is 1.36 bits per heavy atom. The molecule has 0 saturated heterocycles. The summed E-state index contributed by atoms with van der Waals surface area (Å²) >= 11 is 6.69. The average Bonchev–Trinajstić information content (AvgIpc) is 2.30. The quantitative estimate of drug-likeness (QED) is 0.621.